The third-order valence-corrected chi connectivity index (χ3v) is 2.67. The van der Waals surface area contributed by atoms with E-state index in [0.717, 1.165) is 5.39 Å². The van der Waals surface area contributed by atoms with E-state index in [1.165, 1.54) is 6.07 Å². The minimum Gasteiger partial charge on any atom is -0.235 e. The first-order valence-corrected chi connectivity index (χ1v) is 5.50. The maximum Gasteiger partial charge on any atom is 0.255 e. The van der Waals surface area contributed by atoms with Gasteiger partial charge in [-0.3, -0.25) is 0 Å². The number of nitrogens with two attached hydrogens (primary N) is 1. The van der Waals surface area contributed by atoms with Gasteiger partial charge in [0.2, 0.25) is 0 Å². The molecular weight excluding hydrogens is 271 g/mol. The van der Waals surface area contributed by atoms with E-state index in [0.29, 0.717) is 5.52 Å². The fourth-order valence-corrected chi connectivity index (χ4v) is 1.69. The Morgan fingerprint density at radius 2 is 1.62 bits per heavy atom. The largest absolute Gasteiger partial charge is 0.255 e. The number of primary sulfonamides is 1. The van der Waals surface area contributed by atoms with E-state index in [1.54, 1.807) is 18.2 Å². The number of pyridine rings is 1. The summed E-state index contributed by atoms with van der Waals surface area (Å²) in [5, 5.41) is 5.75. The molecule has 0 aliphatic rings. The molecule has 0 unspecified atom stereocenters. The monoisotopic (exact) mass is 280 g/mol. The second-order valence-corrected chi connectivity index (χ2v) is 4.40. The van der Waals surface area contributed by atoms with Gasteiger partial charge in [-0.25, -0.2) is 18.5 Å². The normalized spacial score (nSPS) is 10.3. The van der Waals surface area contributed by atoms with E-state index < -0.39 is 10.0 Å². The summed E-state index contributed by atoms with van der Waals surface area (Å²) in [4.78, 5) is 3.93. The second-order valence-electron chi connectivity index (χ2n) is 2.89. The first-order chi connectivity index (χ1) is 6.57. The van der Waals surface area contributed by atoms with Crippen LogP contribution in [0.25, 0.3) is 10.9 Å². The molecule has 0 bridgehead atoms. The van der Waals surface area contributed by atoms with E-state index >= 15 is 0 Å². The van der Waals surface area contributed by atoms with Gasteiger partial charge < -0.3 is 0 Å². The zero-order valence-corrected chi connectivity index (χ0v) is 10.5. The number of hydrogen-bond donors (Lipinski definition) is 1. The smallest absolute Gasteiger partial charge is 0.235 e. The summed E-state index contributed by atoms with van der Waals surface area (Å²) in [6.07, 6.45) is 0. The van der Waals surface area contributed by atoms with Gasteiger partial charge in [-0.1, -0.05) is 18.2 Å². The van der Waals surface area contributed by atoms with Gasteiger partial charge in [0.25, 0.3) is 10.0 Å². The highest BCUT2D eigenvalue weighted by molar-refractivity contribution is 7.89. The molecule has 7 heteroatoms. The van der Waals surface area contributed by atoms with Gasteiger partial charge in [0.15, 0.2) is 5.03 Å². The van der Waals surface area contributed by atoms with Gasteiger partial charge in [-0.05, 0) is 18.2 Å². The Hall–Kier alpha value is -0.880. The van der Waals surface area contributed by atoms with Crippen molar-refractivity contribution >= 4 is 45.7 Å². The average Bonchev–Trinajstić information content (AvgIpc) is 2.16. The van der Waals surface area contributed by atoms with Crippen LogP contribution in [0.1, 0.15) is 0 Å². The van der Waals surface area contributed by atoms with E-state index in [2.05, 4.69) is 4.98 Å². The van der Waals surface area contributed by atoms with Crippen LogP contribution in [-0.4, -0.2) is 13.4 Å². The summed E-state index contributed by atoms with van der Waals surface area (Å²) in [5.74, 6) is 0. The van der Waals surface area contributed by atoms with Crippen LogP contribution in [0.15, 0.2) is 41.4 Å². The Kier molecular flexibility index (Phi) is 5.15. The summed E-state index contributed by atoms with van der Waals surface area (Å²) >= 11 is 0. The van der Waals surface area contributed by atoms with Crippen LogP contribution in [0, 0.1) is 0 Å². The first kappa shape index (κ1) is 15.1. The SMILES string of the molecule is Cl.Cl.NS(=O)(=O)c1ccc2ccccc2n1. The number of fused-ring (bicyclic) bond motifs is 1. The van der Waals surface area contributed by atoms with Gasteiger partial charge in [0.1, 0.15) is 0 Å². The molecule has 2 N–H and O–H groups in total. The van der Waals surface area contributed by atoms with Gasteiger partial charge in [-0.2, -0.15) is 0 Å². The van der Waals surface area contributed by atoms with Crippen molar-refractivity contribution in [3.05, 3.63) is 36.4 Å². The molecule has 0 amide bonds. The second kappa shape index (κ2) is 5.45. The fraction of sp³-hybridized carbons (Fsp3) is 0. The highest BCUT2D eigenvalue weighted by Gasteiger charge is 2.09. The minimum absolute atomic E-state index is 0. The van der Waals surface area contributed by atoms with Crippen LogP contribution < -0.4 is 5.14 Å². The topological polar surface area (TPSA) is 73.1 Å². The van der Waals surface area contributed by atoms with Gasteiger partial charge in [0, 0.05) is 5.39 Å². The lowest BCUT2D eigenvalue weighted by molar-refractivity contribution is 0.594. The molecule has 2 rings (SSSR count). The van der Waals surface area contributed by atoms with Crippen molar-refractivity contribution in [3.8, 4) is 0 Å². The highest BCUT2D eigenvalue weighted by Crippen LogP contribution is 2.13. The summed E-state index contributed by atoms with van der Waals surface area (Å²) in [7, 11) is -3.71. The Morgan fingerprint density at radius 1 is 1.00 bits per heavy atom. The lowest BCUT2D eigenvalue weighted by Crippen LogP contribution is -2.13. The molecular formula is C9H10Cl2N2O2S. The summed E-state index contributed by atoms with van der Waals surface area (Å²) in [6.45, 7) is 0. The van der Waals surface area contributed by atoms with Crippen molar-refractivity contribution in [1.29, 1.82) is 0 Å². The highest BCUT2D eigenvalue weighted by atomic mass is 35.5. The molecule has 0 saturated carbocycles. The Balaban J connectivity index is 0.00000112. The predicted octanol–water partition coefficient (Wildman–Crippen LogP) is 1.73. The van der Waals surface area contributed by atoms with Crippen molar-refractivity contribution in [3.63, 3.8) is 0 Å². The molecule has 88 valence electrons. The van der Waals surface area contributed by atoms with Crippen LogP contribution in [-0.2, 0) is 10.0 Å². The fourth-order valence-electron chi connectivity index (χ4n) is 1.21. The number of sulfonamides is 1. The number of halogens is 2. The Morgan fingerprint density at radius 3 is 2.25 bits per heavy atom. The average molecular weight is 281 g/mol. The number of rotatable bonds is 1. The van der Waals surface area contributed by atoms with Crippen molar-refractivity contribution in [2.75, 3.05) is 0 Å². The van der Waals surface area contributed by atoms with Crippen molar-refractivity contribution in [2.24, 2.45) is 5.14 Å². The molecule has 16 heavy (non-hydrogen) atoms. The third-order valence-electron chi connectivity index (χ3n) is 1.86. The zero-order valence-electron chi connectivity index (χ0n) is 8.03. The summed E-state index contributed by atoms with van der Waals surface area (Å²) in [6, 6.07) is 10.3. The van der Waals surface area contributed by atoms with Crippen molar-refractivity contribution in [1.82, 2.24) is 4.98 Å². The lowest BCUT2D eigenvalue weighted by atomic mass is 10.2. The van der Waals surface area contributed by atoms with Crippen LogP contribution in [0.5, 0.6) is 0 Å². The standard InChI is InChI=1S/C9H8N2O2S.2ClH/c10-14(12,13)9-6-5-7-3-1-2-4-8(7)11-9;;/h1-6H,(H2,10,12,13);2*1H. The summed E-state index contributed by atoms with van der Waals surface area (Å²) in [5.41, 5.74) is 0.624. The van der Waals surface area contributed by atoms with E-state index in [4.69, 9.17) is 5.14 Å². The molecule has 4 nitrogen and oxygen atoms in total. The van der Waals surface area contributed by atoms with Gasteiger partial charge in [-0.15, -0.1) is 24.8 Å². The van der Waals surface area contributed by atoms with E-state index in [-0.39, 0.29) is 29.8 Å². The van der Waals surface area contributed by atoms with Crippen molar-refractivity contribution in [2.45, 2.75) is 5.03 Å². The van der Waals surface area contributed by atoms with Crippen LogP contribution in [0.3, 0.4) is 0 Å². The van der Waals surface area contributed by atoms with Gasteiger partial charge in [0.05, 0.1) is 5.52 Å². The first-order valence-electron chi connectivity index (χ1n) is 3.96. The number of nitrogens with zero attached hydrogens (tertiary/aromatic N) is 1. The number of hydrogen-bond acceptors (Lipinski definition) is 3. The molecule has 1 heterocycles. The van der Waals surface area contributed by atoms with Crippen LogP contribution >= 0.6 is 24.8 Å². The van der Waals surface area contributed by atoms with Crippen molar-refractivity contribution < 1.29 is 8.42 Å². The Labute approximate surface area is 106 Å². The number of aromatic nitrogens is 1. The molecule has 0 spiro atoms. The predicted molar refractivity (Wildman–Crippen MR) is 67.6 cm³/mol. The van der Waals surface area contributed by atoms with Crippen LogP contribution in [0.2, 0.25) is 0 Å². The number of para-hydroxylation sites is 1. The lowest BCUT2D eigenvalue weighted by Gasteiger charge is -1.99. The molecule has 1 aromatic heterocycles. The molecule has 0 fully saturated rings. The molecule has 0 aliphatic carbocycles. The van der Waals surface area contributed by atoms with E-state index in [9.17, 15) is 8.42 Å². The minimum atomic E-state index is -3.71. The Bertz CT molecular complexity index is 587. The van der Waals surface area contributed by atoms with Gasteiger partial charge >= 0.3 is 0 Å². The molecule has 0 radical (unpaired) electrons. The summed E-state index contributed by atoms with van der Waals surface area (Å²) < 4.78 is 22.0. The quantitative estimate of drug-likeness (QED) is 0.865. The zero-order chi connectivity index (χ0) is 10.2. The maximum absolute atomic E-state index is 11.0. The molecule has 0 saturated heterocycles. The molecule has 2 aromatic rings. The third kappa shape index (κ3) is 3.05. The van der Waals surface area contributed by atoms with E-state index in [1.807, 2.05) is 12.1 Å². The number of benzene rings is 1. The maximum atomic E-state index is 11.0. The molecule has 0 atom stereocenters. The van der Waals surface area contributed by atoms with Crippen LogP contribution in [0.4, 0.5) is 0 Å². The molecule has 0 aliphatic heterocycles. The molecule has 1 aromatic carbocycles.